The van der Waals surface area contributed by atoms with Crippen molar-refractivity contribution in [2.75, 3.05) is 16.2 Å². The molecule has 5 nitrogen and oxygen atoms in total. The first-order chi connectivity index (χ1) is 18.7. The lowest BCUT2D eigenvalue weighted by Crippen LogP contribution is -2.43. The maximum Gasteiger partial charge on any atom is 0.264 e. The largest absolute Gasteiger partial charge is 0.325 e. The zero-order valence-corrected chi connectivity index (χ0v) is 24.1. The van der Waals surface area contributed by atoms with Crippen molar-refractivity contribution in [2.24, 2.45) is 23.7 Å². The van der Waals surface area contributed by atoms with Gasteiger partial charge in [0.05, 0.1) is 20.6 Å². The minimum absolute atomic E-state index is 0.0666. The molecule has 4 fully saturated rings. The fourth-order valence-electron chi connectivity index (χ4n) is 7.41. The Balaban J connectivity index is 1.22. The van der Waals surface area contributed by atoms with Gasteiger partial charge in [0, 0.05) is 5.69 Å². The van der Waals surface area contributed by atoms with Crippen molar-refractivity contribution in [3.8, 4) is 0 Å². The van der Waals surface area contributed by atoms with Crippen LogP contribution in [0, 0.1) is 30.6 Å². The highest BCUT2D eigenvalue weighted by atomic mass is 35.5. The molecular weight excluding hydrogens is 551 g/mol. The number of amides is 1. The molecule has 4 saturated carbocycles. The van der Waals surface area contributed by atoms with Gasteiger partial charge in [-0.2, -0.15) is 0 Å². The summed E-state index contributed by atoms with van der Waals surface area (Å²) in [6.07, 6.45) is 6.85. The van der Waals surface area contributed by atoms with Gasteiger partial charge in [-0.1, -0.05) is 59.1 Å². The first kappa shape index (κ1) is 26.7. The van der Waals surface area contributed by atoms with Gasteiger partial charge in [0.15, 0.2) is 0 Å². The summed E-state index contributed by atoms with van der Waals surface area (Å²) in [5.41, 5.74) is 3.07. The van der Waals surface area contributed by atoms with Gasteiger partial charge in [-0.25, -0.2) is 8.42 Å². The highest BCUT2D eigenvalue weighted by molar-refractivity contribution is 7.92. The first-order valence-corrected chi connectivity index (χ1v) is 15.8. The topological polar surface area (TPSA) is 66.5 Å². The molecule has 4 bridgehead atoms. The third-order valence-electron chi connectivity index (χ3n) is 8.90. The third-order valence-corrected chi connectivity index (χ3v) is 11.5. The molecule has 3 aromatic rings. The molecular formula is C31H32Cl2N2O3S. The maximum atomic E-state index is 13.7. The molecule has 7 rings (SSSR count). The molecule has 0 aromatic heterocycles. The van der Waals surface area contributed by atoms with Gasteiger partial charge in [0.25, 0.3) is 10.0 Å². The number of carbonyl (C=O) groups is 1. The van der Waals surface area contributed by atoms with E-state index in [1.165, 1.54) is 49.8 Å². The van der Waals surface area contributed by atoms with Crippen LogP contribution >= 0.6 is 23.2 Å². The van der Waals surface area contributed by atoms with E-state index in [9.17, 15) is 13.2 Å². The average molecular weight is 584 g/mol. The monoisotopic (exact) mass is 582 g/mol. The van der Waals surface area contributed by atoms with Gasteiger partial charge in [-0.05, 0) is 111 Å². The second-order valence-corrected chi connectivity index (χ2v) is 14.2. The van der Waals surface area contributed by atoms with Crippen molar-refractivity contribution in [2.45, 2.75) is 49.8 Å². The molecule has 0 saturated heterocycles. The third kappa shape index (κ3) is 5.19. The van der Waals surface area contributed by atoms with Crippen LogP contribution in [0.25, 0.3) is 0 Å². The van der Waals surface area contributed by atoms with Crippen molar-refractivity contribution in [1.82, 2.24) is 0 Å². The number of aryl methyl sites for hydroxylation is 1. The summed E-state index contributed by atoms with van der Waals surface area (Å²) in [7, 11) is -4.10. The second-order valence-electron chi connectivity index (χ2n) is 11.5. The minimum Gasteiger partial charge on any atom is -0.325 e. The molecule has 204 valence electrons. The molecule has 0 spiro atoms. The Morgan fingerprint density at radius 2 is 1.49 bits per heavy atom. The predicted octanol–water partition coefficient (Wildman–Crippen LogP) is 7.68. The van der Waals surface area contributed by atoms with Gasteiger partial charge < -0.3 is 5.32 Å². The van der Waals surface area contributed by atoms with Crippen molar-refractivity contribution < 1.29 is 13.2 Å². The second kappa shape index (κ2) is 10.5. The molecule has 0 atom stereocenters. The van der Waals surface area contributed by atoms with E-state index in [4.69, 9.17) is 23.2 Å². The van der Waals surface area contributed by atoms with Crippen LogP contribution in [0.1, 0.15) is 49.1 Å². The van der Waals surface area contributed by atoms with Crippen LogP contribution < -0.4 is 9.62 Å². The molecule has 4 aliphatic carbocycles. The highest BCUT2D eigenvalue weighted by Crippen LogP contribution is 2.59. The molecule has 0 radical (unpaired) electrons. The smallest absolute Gasteiger partial charge is 0.264 e. The van der Waals surface area contributed by atoms with E-state index in [1.807, 2.05) is 19.1 Å². The number of halogens is 2. The molecule has 8 heteroatoms. The zero-order chi connectivity index (χ0) is 27.3. The Labute approximate surface area is 240 Å². The number of nitrogens with zero attached hydrogens (tertiary/aromatic N) is 1. The van der Waals surface area contributed by atoms with E-state index in [0.717, 1.165) is 33.5 Å². The number of benzene rings is 3. The number of anilines is 2. The number of hydrogen-bond donors (Lipinski definition) is 1. The fraction of sp³-hybridized carbons (Fsp3) is 0.387. The number of carbonyl (C=O) groups excluding carboxylic acids is 1. The summed E-state index contributed by atoms with van der Waals surface area (Å²) in [6.45, 7) is 1.43. The predicted molar refractivity (Wildman–Crippen MR) is 157 cm³/mol. The number of nitrogens with one attached hydrogen (secondary N) is 1. The summed E-state index contributed by atoms with van der Waals surface area (Å²) in [6, 6.07) is 19.4. The summed E-state index contributed by atoms with van der Waals surface area (Å²) in [5.74, 6) is 3.56. The van der Waals surface area contributed by atoms with Gasteiger partial charge in [-0.3, -0.25) is 9.10 Å². The normalized spacial score (nSPS) is 25.5. The van der Waals surface area contributed by atoms with E-state index in [-0.39, 0.29) is 20.6 Å². The molecule has 0 heterocycles. The summed E-state index contributed by atoms with van der Waals surface area (Å²) >= 11 is 12.6. The van der Waals surface area contributed by atoms with Crippen molar-refractivity contribution in [3.05, 3.63) is 87.9 Å². The SMILES string of the molecule is Cc1ccc(S(=O)(=O)N(CC(=O)Nc2ccc(C3C4CC5CC(C4)CC3C5)cc2)c2cccc(Cl)c2Cl)cc1. The van der Waals surface area contributed by atoms with E-state index in [1.54, 1.807) is 30.3 Å². The highest BCUT2D eigenvalue weighted by Gasteiger charge is 2.48. The van der Waals surface area contributed by atoms with Crippen LogP contribution in [-0.4, -0.2) is 20.9 Å². The Bertz CT molecular complexity index is 1460. The molecule has 0 aliphatic heterocycles. The molecule has 4 aliphatic rings. The van der Waals surface area contributed by atoms with Gasteiger partial charge in [0.1, 0.15) is 6.54 Å². The van der Waals surface area contributed by atoms with Gasteiger partial charge in [0.2, 0.25) is 5.91 Å². The zero-order valence-electron chi connectivity index (χ0n) is 21.8. The quantitative estimate of drug-likeness (QED) is 0.310. The van der Waals surface area contributed by atoms with Crippen LogP contribution in [0.15, 0.2) is 71.6 Å². The number of sulfonamides is 1. The van der Waals surface area contributed by atoms with E-state index in [0.29, 0.717) is 11.6 Å². The molecule has 3 aromatic carbocycles. The van der Waals surface area contributed by atoms with Crippen molar-refractivity contribution in [3.63, 3.8) is 0 Å². The van der Waals surface area contributed by atoms with Gasteiger partial charge in [-0.15, -0.1) is 0 Å². The van der Waals surface area contributed by atoms with Crippen LogP contribution in [0.5, 0.6) is 0 Å². The average Bonchev–Trinajstić information content (AvgIpc) is 2.90. The van der Waals surface area contributed by atoms with E-state index >= 15 is 0 Å². The van der Waals surface area contributed by atoms with E-state index in [2.05, 4.69) is 17.4 Å². The van der Waals surface area contributed by atoms with Crippen LogP contribution in [-0.2, 0) is 14.8 Å². The molecule has 1 amide bonds. The van der Waals surface area contributed by atoms with E-state index < -0.39 is 22.5 Å². The fourth-order valence-corrected chi connectivity index (χ4v) is 9.29. The number of rotatable bonds is 7. The number of hydrogen-bond acceptors (Lipinski definition) is 3. The Hall–Kier alpha value is -2.54. The van der Waals surface area contributed by atoms with Crippen LogP contribution in [0.3, 0.4) is 0 Å². The molecule has 1 N–H and O–H groups in total. The standard InChI is InChI=1S/C31H32Cl2N2O3S/c1-19-5-11-26(12-6-19)39(37,38)35(28-4-2-3-27(32)31(28)33)18-29(36)34-25-9-7-22(8-10-25)30-23-14-20-13-21(16-23)17-24(30)15-20/h2-12,20-21,23-24,30H,13-18H2,1H3,(H,34,36). The van der Waals surface area contributed by atoms with Crippen molar-refractivity contribution in [1.29, 1.82) is 0 Å². The van der Waals surface area contributed by atoms with Crippen LogP contribution in [0.4, 0.5) is 11.4 Å². The Morgan fingerprint density at radius 1 is 0.872 bits per heavy atom. The maximum absolute atomic E-state index is 13.7. The van der Waals surface area contributed by atoms with Crippen molar-refractivity contribution >= 4 is 50.5 Å². The van der Waals surface area contributed by atoms with Gasteiger partial charge >= 0.3 is 0 Å². The Morgan fingerprint density at radius 3 is 2.10 bits per heavy atom. The summed E-state index contributed by atoms with van der Waals surface area (Å²) in [5, 5.41) is 3.16. The lowest BCUT2D eigenvalue weighted by molar-refractivity contribution is -0.114. The van der Waals surface area contributed by atoms with Crippen LogP contribution in [0.2, 0.25) is 10.0 Å². The lowest BCUT2D eigenvalue weighted by atomic mass is 9.51. The first-order valence-electron chi connectivity index (χ1n) is 13.6. The molecule has 39 heavy (non-hydrogen) atoms. The summed E-state index contributed by atoms with van der Waals surface area (Å²) < 4.78 is 28.4. The Kier molecular flexibility index (Phi) is 7.15. The lowest BCUT2D eigenvalue weighted by Gasteiger charge is -2.54. The summed E-state index contributed by atoms with van der Waals surface area (Å²) in [4.78, 5) is 13.3. The molecule has 0 unspecified atom stereocenters. The minimum atomic E-state index is -4.10.